The SMILES string of the molecule is CC(C)N(Cc1ncccn1)CC1CCCCN1. The second-order valence-corrected chi connectivity index (χ2v) is 5.34. The number of nitrogens with one attached hydrogen (secondary N) is 1. The van der Waals surface area contributed by atoms with Crippen LogP contribution in [0.3, 0.4) is 0 Å². The van der Waals surface area contributed by atoms with E-state index in [1.165, 1.54) is 25.8 Å². The quantitative estimate of drug-likeness (QED) is 0.863. The first-order valence-corrected chi connectivity index (χ1v) is 6.99. The van der Waals surface area contributed by atoms with E-state index in [1.54, 1.807) is 0 Å². The van der Waals surface area contributed by atoms with Gasteiger partial charge in [-0.25, -0.2) is 9.97 Å². The summed E-state index contributed by atoms with van der Waals surface area (Å²) in [5.41, 5.74) is 0. The Balaban J connectivity index is 1.91. The molecule has 2 rings (SSSR count). The molecule has 1 unspecified atom stereocenters. The van der Waals surface area contributed by atoms with Crippen molar-refractivity contribution in [3.63, 3.8) is 0 Å². The Morgan fingerprint density at radius 2 is 2.11 bits per heavy atom. The van der Waals surface area contributed by atoms with Crippen LogP contribution in [0, 0.1) is 0 Å². The van der Waals surface area contributed by atoms with Crippen LogP contribution >= 0.6 is 0 Å². The van der Waals surface area contributed by atoms with Crippen LogP contribution in [0.2, 0.25) is 0 Å². The van der Waals surface area contributed by atoms with E-state index in [1.807, 2.05) is 18.5 Å². The highest BCUT2D eigenvalue weighted by Gasteiger charge is 2.19. The molecule has 1 aromatic heterocycles. The van der Waals surface area contributed by atoms with E-state index < -0.39 is 0 Å². The summed E-state index contributed by atoms with van der Waals surface area (Å²) in [5.74, 6) is 0.919. The molecule has 4 nitrogen and oxygen atoms in total. The van der Waals surface area contributed by atoms with Crippen molar-refractivity contribution in [1.82, 2.24) is 20.2 Å². The fourth-order valence-electron chi connectivity index (χ4n) is 2.41. The van der Waals surface area contributed by atoms with E-state index in [9.17, 15) is 0 Å². The van der Waals surface area contributed by atoms with Gasteiger partial charge in [-0.1, -0.05) is 6.42 Å². The van der Waals surface area contributed by atoms with Crippen molar-refractivity contribution in [2.75, 3.05) is 13.1 Å². The van der Waals surface area contributed by atoms with Gasteiger partial charge in [0.25, 0.3) is 0 Å². The summed E-state index contributed by atoms with van der Waals surface area (Å²) < 4.78 is 0. The lowest BCUT2D eigenvalue weighted by Gasteiger charge is -2.32. The van der Waals surface area contributed by atoms with Crippen LogP contribution in [0.25, 0.3) is 0 Å². The van der Waals surface area contributed by atoms with Crippen molar-refractivity contribution in [3.8, 4) is 0 Å². The molecule has 2 heterocycles. The van der Waals surface area contributed by atoms with Crippen LogP contribution in [-0.2, 0) is 6.54 Å². The highest BCUT2D eigenvalue weighted by molar-refractivity contribution is 4.90. The van der Waals surface area contributed by atoms with Crippen molar-refractivity contribution < 1.29 is 0 Å². The first-order chi connectivity index (χ1) is 8.75. The van der Waals surface area contributed by atoms with Crippen LogP contribution in [-0.4, -0.2) is 40.0 Å². The summed E-state index contributed by atoms with van der Waals surface area (Å²) in [6, 6.07) is 3.02. The number of rotatable bonds is 5. The second kappa shape index (κ2) is 6.81. The van der Waals surface area contributed by atoms with Crippen LogP contribution in [0.15, 0.2) is 18.5 Å². The molecule has 0 saturated carbocycles. The summed E-state index contributed by atoms with van der Waals surface area (Å²) in [6.45, 7) is 7.59. The smallest absolute Gasteiger partial charge is 0.142 e. The van der Waals surface area contributed by atoms with Crippen molar-refractivity contribution >= 4 is 0 Å². The molecule has 1 saturated heterocycles. The molecule has 0 aliphatic carbocycles. The van der Waals surface area contributed by atoms with Gasteiger partial charge >= 0.3 is 0 Å². The Bertz CT molecular complexity index is 333. The normalized spacial score (nSPS) is 20.6. The van der Waals surface area contributed by atoms with Gasteiger partial charge in [0, 0.05) is 31.0 Å². The monoisotopic (exact) mass is 248 g/mol. The van der Waals surface area contributed by atoms with Gasteiger partial charge in [-0.05, 0) is 39.3 Å². The Hall–Kier alpha value is -1.00. The average molecular weight is 248 g/mol. The molecule has 0 amide bonds. The minimum Gasteiger partial charge on any atom is -0.313 e. The Kier molecular flexibility index (Phi) is 5.08. The largest absolute Gasteiger partial charge is 0.313 e. The van der Waals surface area contributed by atoms with Gasteiger partial charge < -0.3 is 5.32 Å². The van der Waals surface area contributed by atoms with Crippen LogP contribution in [0.1, 0.15) is 38.9 Å². The van der Waals surface area contributed by atoms with Gasteiger partial charge in [-0.15, -0.1) is 0 Å². The topological polar surface area (TPSA) is 41.1 Å². The molecule has 1 aliphatic heterocycles. The Labute approximate surface area is 110 Å². The Morgan fingerprint density at radius 1 is 1.33 bits per heavy atom. The molecule has 1 N–H and O–H groups in total. The highest BCUT2D eigenvalue weighted by Crippen LogP contribution is 2.12. The maximum atomic E-state index is 4.32. The van der Waals surface area contributed by atoms with Gasteiger partial charge in [-0.3, -0.25) is 4.90 Å². The predicted molar refractivity (Wildman–Crippen MR) is 73.2 cm³/mol. The maximum Gasteiger partial charge on any atom is 0.142 e. The zero-order valence-corrected chi connectivity index (χ0v) is 11.5. The molecule has 0 spiro atoms. The fourth-order valence-corrected chi connectivity index (χ4v) is 2.41. The first kappa shape index (κ1) is 13.4. The summed E-state index contributed by atoms with van der Waals surface area (Å²) in [4.78, 5) is 11.1. The third-order valence-electron chi connectivity index (χ3n) is 3.56. The van der Waals surface area contributed by atoms with Crippen LogP contribution < -0.4 is 5.32 Å². The minimum atomic E-state index is 0.525. The van der Waals surface area contributed by atoms with Crippen LogP contribution in [0.5, 0.6) is 0 Å². The third-order valence-corrected chi connectivity index (χ3v) is 3.56. The molecule has 1 aliphatic rings. The van der Waals surface area contributed by atoms with E-state index in [0.717, 1.165) is 18.9 Å². The van der Waals surface area contributed by atoms with Crippen molar-refractivity contribution in [1.29, 1.82) is 0 Å². The fraction of sp³-hybridized carbons (Fsp3) is 0.714. The predicted octanol–water partition coefficient (Wildman–Crippen LogP) is 1.83. The Morgan fingerprint density at radius 3 is 2.72 bits per heavy atom. The number of hydrogen-bond donors (Lipinski definition) is 1. The molecule has 0 aromatic carbocycles. The van der Waals surface area contributed by atoms with E-state index in [2.05, 4.69) is 34.0 Å². The summed E-state index contributed by atoms with van der Waals surface area (Å²) in [7, 11) is 0. The van der Waals surface area contributed by atoms with Crippen molar-refractivity contribution in [3.05, 3.63) is 24.3 Å². The van der Waals surface area contributed by atoms with E-state index >= 15 is 0 Å². The number of nitrogens with zero attached hydrogens (tertiary/aromatic N) is 3. The maximum absolute atomic E-state index is 4.32. The molecule has 1 atom stereocenters. The van der Waals surface area contributed by atoms with E-state index in [-0.39, 0.29) is 0 Å². The molecule has 1 fully saturated rings. The van der Waals surface area contributed by atoms with Gasteiger partial charge in [-0.2, -0.15) is 0 Å². The standard InChI is InChI=1S/C14H24N4/c1-12(2)18(10-13-6-3-4-7-15-13)11-14-16-8-5-9-17-14/h5,8-9,12-13,15H,3-4,6-7,10-11H2,1-2H3. The molecule has 1 aromatic rings. The summed E-state index contributed by atoms with van der Waals surface area (Å²) in [6.07, 6.45) is 7.60. The van der Waals surface area contributed by atoms with E-state index in [0.29, 0.717) is 12.1 Å². The lowest BCUT2D eigenvalue weighted by atomic mass is 10.0. The minimum absolute atomic E-state index is 0.525. The lowest BCUT2D eigenvalue weighted by Crippen LogP contribution is -2.45. The van der Waals surface area contributed by atoms with Crippen molar-refractivity contribution in [2.45, 2.75) is 51.7 Å². The second-order valence-electron chi connectivity index (χ2n) is 5.34. The number of aromatic nitrogens is 2. The van der Waals surface area contributed by atoms with Gasteiger partial charge in [0.2, 0.25) is 0 Å². The van der Waals surface area contributed by atoms with Crippen molar-refractivity contribution in [2.24, 2.45) is 0 Å². The highest BCUT2D eigenvalue weighted by atomic mass is 15.2. The number of hydrogen-bond acceptors (Lipinski definition) is 4. The molecule has 4 heteroatoms. The number of piperidine rings is 1. The zero-order chi connectivity index (χ0) is 12.8. The molecular formula is C14H24N4. The summed E-state index contributed by atoms with van der Waals surface area (Å²) in [5, 5.41) is 3.61. The molecular weight excluding hydrogens is 224 g/mol. The molecule has 100 valence electrons. The van der Waals surface area contributed by atoms with E-state index in [4.69, 9.17) is 0 Å². The summed E-state index contributed by atoms with van der Waals surface area (Å²) >= 11 is 0. The molecule has 0 radical (unpaired) electrons. The molecule has 18 heavy (non-hydrogen) atoms. The average Bonchev–Trinajstić information content (AvgIpc) is 2.40. The molecule has 0 bridgehead atoms. The van der Waals surface area contributed by atoms with Crippen LogP contribution in [0.4, 0.5) is 0 Å². The lowest BCUT2D eigenvalue weighted by molar-refractivity contribution is 0.173. The third kappa shape index (κ3) is 4.03. The van der Waals surface area contributed by atoms with Gasteiger partial charge in [0.05, 0.1) is 6.54 Å². The van der Waals surface area contributed by atoms with Gasteiger partial charge in [0.1, 0.15) is 5.82 Å². The first-order valence-electron chi connectivity index (χ1n) is 6.99. The van der Waals surface area contributed by atoms with Gasteiger partial charge in [0.15, 0.2) is 0 Å². The zero-order valence-electron chi connectivity index (χ0n) is 11.5.